The average molecular weight is 363 g/mol. The first-order chi connectivity index (χ1) is 10.8. The summed E-state index contributed by atoms with van der Waals surface area (Å²) in [6.07, 6.45) is 7.05. The monoisotopic (exact) mass is 362 g/mol. The third-order valence-corrected chi connectivity index (χ3v) is 6.27. The van der Waals surface area contributed by atoms with Gasteiger partial charge in [-0.05, 0) is 74.8 Å². The predicted molar refractivity (Wildman–Crippen MR) is 111 cm³/mol. The molecule has 1 rings (SSSR count). The smallest absolute Gasteiger partial charge is 0.184 e. The van der Waals surface area contributed by atoms with Gasteiger partial charge in [-0.2, -0.15) is 0 Å². The van der Waals surface area contributed by atoms with Crippen molar-refractivity contribution >= 4 is 22.2 Å². The van der Waals surface area contributed by atoms with E-state index in [0.29, 0.717) is 0 Å². The van der Waals surface area contributed by atoms with E-state index in [1.165, 1.54) is 5.57 Å². The maximum absolute atomic E-state index is 11.9. The molecule has 0 bridgehead atoms. The third-order valence-electron chi connectivity index (χ3n) is 3.76. The summed E-state index contributed by atoms with van der Waals surface area (Å²) in [5.41, 5.74) is 3.95. The Morgan fingerprint density at radius 1 is 1.12 bits per heavy atom. The van der Waals surface area contributed by atoms with Gasteiger partial charge < -0.3 is 4.43 Å². The molecule has 0 N–H and O–H groups in total. The second-order valence-electron chi connectivity index (χ2n) is 9.04. The van der Waals surface area contributed by atoms with E-state index in [9.17, 15) is 4.79 Å². The van der Waals surface area contributed by atoms with Gasteiger partial charge in [-0.1, -0.05) is 37.9 Å². The van der Waals surface area contributed by atoms with Crippen molar-refractivity contribution < 1.29 is 9.22 Å². The van der Waals surface area contributed by atoms with E-state index in [1.54, 1.807) is 0 Å². The van der Waals surface area contributed by atoms with E-state index in [2.05, 4.69) is 51.9 Å². The van der Waals surface area contributed by atoms with Crippen molar-refractivity contribution in [3.8, 4) is 0 Å². The molecule has 0 fully saturated rings. The Morgan fingerprint density at radius 2 is 1.62 bits per heavy atom. The van der Waals surface area contributed by atoms with E-state index in [0.717, 1.165) is 29.2 Å². The summed E-state index contributed by atoms with van der Waals surface area (Å²) in [6.45, 7) is 21.9. The van der Waals surface area contributed by atoms with Gasteiger partial charge in [0, 0.05) is 8.07 Å². The lowest BCUT2D eigenvalue weighted by Gasteiger charge is -2.30. The Balaban J connectivity index is 2.95. The second kappa shape index (κ2) is 7.94. The third kappa shape index (κ3) is 7.28. The minimum absolute atomic E-state index is 0.0796. The van der Waals surface area contributed by atoms with Gasteiger partial charge in [0.15, 0.2) is 14.1 Å². The molecule has 0 amide bonds. The summed E-state index contributed by atoms with van der Waals surface area (Å²) in [5, 5.41) is 0. The van der Waals surface area contributed by atoms with Gasteiger partial charge in [0.1, 0.15) is 0 Å². The predicted octanol–water partition coefficient (Wildman–Crippen LogP) is 5.89. The van der Waals surface area contributed by atoms with E-state index in [4.69, 9.17) is 4.43 Å². The van der Waals surface area contributed by atoms with Crippen molar-refractivity contribution in [2.24, 2.45) is 0 Å². The standard InChI is InChI=1S/C20H34O2Si2/c1-15-12-18(13-16(2)20(15)21)10-11-19(22-24(7,8)9)17(3)14-23(4,5)6/h10,12-13,19H,3,11,14H2,1-2,4-9H3. The van der Waals surface area contributed by atoms with Crippen LogP contribution in [0.4, 0.5) is 0 Å². The number of carbonyl (C=O) groups is 1. The first-order valence-electron chi connectivity index (χ1n) is 8.75. The fourth-order valence-electron chi connectivity index (χ4n) is 2.86. The quantitative estimate of drug-likeness (QED) is 0.417. The molecule has 0 aromatic carbocycles. The molecule has 0 radical (unpaired) electrons. The zero-order valence-corrected chi connectivity index (χ0v) is 18.7. The number of allylic oxidation sites excluding steroid dienone is 5. The maximum Gasteiger partial charge on any atom is 0.184 e. The van der Waals surface area contributed by atoms with Crippen LogP contribution in [0.3, 0.4) is 0 Å². The molecule has 1 unspecified atom stereocenters. The lowest BCUT2D eigenvalue weighted by Crippen LogP contribution is -2.34. The van der Waals surface area contributed by atoms with E-state index >= 15 is 0 Å². The van der Waals surface area contributed by atoms with Crippen molar-refractivity contribution in [3.05, 3.63) is 47.1 Å². The molecule has 1 aliphatic carbocycles. The van der Waals surface area contributed by atoms with Gasteiger partial charge in [-0.15, -0.1) is 0 Å². The first-order valence-corrected chi connectivity index (χ1v) is 15.9. The number of rotatable bonds is 7. The Hall–Kier alpha value is -0.976. The Labute approximate surface area is 150 Å². The van der Waals surface area contributed by atoms with Crippen LogP contribution in [-0.2, 0) is 9.22 Å². The van der Waals surface area contributed by atoms with Crippen molar-refractivity contribution in [1.82, 2.24) is 0 Å². The molecule has 24 heavy (non-hydrogen) atoms. The number of hydrogen-bond acceptors (Lipinski definition) is 2. The Kier molecular flexibility index (Phi) is 6.97. The minimum Gasteiger partial charge on any atom is -0.411 e. The maximum atomic E-state index is 11.9. The SMILES string of the molecule is C=C(C[Si](C)(C)C)C(CC=C1C=C(C)C(=O)C(C)=C1)O[Si](C)(C)C. The Bertz CT molecular complexity index is 572. The zero-order chi connectivity index (χ0) is 18.7. The van der Waals surface area contributed by atoms with Crippen LogP contribution in [0.15, 0.2) is 47.1 Å². The molecule has 0 heterocycles. The summed E-state index contributed by atoms with van der Waals surface area (Å²) < 4.78 is 6.42. The van der Waals surface area contributed by atoms with E-state index in [1.807, 2.05) is 26.0 Å². The molecule has 0 aromatic heterocycles. The van der Waals surface area contributed by atoms with Crippen LogP contribution in [0.1, 0.15) is 20.3 Å². The number of ketones is 1. The molecular formula is C20H34O2Si2. The molecule has 1 atom stereocenters. The fraction of sp³-hybridized carbons (Fsp3) is 0.550. The molecule has 0 aromatic rings. The molecular weight excluding hydrogens is 328 g/mol. The summed E-state index contributed by atoms with van der Waals surface area (Å²) in [7, 11) is -2.85. The van der Waals surface area contributed by atoms with Crippen LogP contribution < -0.4 is 0 Å². The topological polar surface area (TPSA) is 26.3 Å². The van der Waals surface area contributed by atoms with Gasteiger partial charge in [-0.3, -0.25) is 4.79 Å². The van der Waals surface area contributed by atoms with Crippen LogP contribution in [0.5, 0.6) is 0 Å². The molecule has 134 valence electrons. The lowest BCUT2D eigenvalue weighted by atomic mass is 9.94. The first kappa shape index (κ1) is 21.1. The van der Waals surface area contributed by atoms with Crippen LogP contribution >= 0.6 is 0 Å². The fourth-order valence-corrected chi connectivity index (χ4v) is 5.57. The summed E-state index contributed by atoms with van der Waals surface area (Å²) >= 11 is 0. The molecule has 0 aliphatic heterocycles. The van der Waals surface area contributed by atoms with E-state index < -0.39 is 16.4 Å². The minimum atomic E-state index is -1.64. The van der Waals surface area contributed by atoms with Gasteiger partial charge in [0.25, 0.3) is 0 Å². The molecule has 2 nitrogen and oxygen atoms in total. The van der Waals surface area contributed by atoms with Crippen molar-refractivity contribution in [2.45, 2.75) is 71.7 Å². The van der Waals surface area contributed by atoms with Crippen LogP contribution in [0.25, 0.3) is 0 Å². The highest BCUT2D eigenvalue weighted by atomic mass is 28.4. The van der Waals surface area contributed by atoms with E-state index in [-0.39, 0.29) is 11.9 Å². The molecule has 0 saturated heterocycles. The zero-order valence-electron chi connectivity index (χ0n) is 16.7. The normalized spacial score (nSPS) is 17.3. The van der Waals surface area contributed by atoms with Crippen LogP contribution in [0.2, 0.25) is 45.3 Å². The highest BCUT2D eigenvalue weighted by molar-refractivity contribution is 6.76. The van der Waals surface area contributed by atoms with Crippen LogP contribution in [-0.4, -0.2) is 28.3 Å². The van der Waals surface area contributed by atoms with Gasteiger partial charge in [0.05, 0.1) is 6.10 Å². The largest absolute Gasteiger partial charge is 0.411 e. The van der Waals surface area contributed by atoms with Crippen molar-refractivity contribution in [1.29, 1.82) is 0 Å². The van der Waals surface area contributed by atoms with Gasteiger partial charge in [-0.25, -0.2) is 0 Å². The number of hydrogen-bond donors (Lipinski definition) is 0. The van der Waals surface area contributed by atoms with Gasteiger partial charge >= 0.3 is 0 Å². The molecule has 0 saturated carbocycles. The van der Waals surface area contributed by atoms with Crippen molar-refractivity contribution in [3.63, 3.8) is 0 Å². The summed E-state index contributed by atoms with van der Waals surface area (Å²) in [4.78, 5) is 11.9. The molecule has 1 aliphatic rings. The second-order valence-corrected chi connectivity index (χ2v) is 19.0. The number of Topliss-reactive ketones (excluding diaryl/α,β-unsaturated/α-hetero) is 1. The molecule has 4 heteroatoms. The van der Waals surface area contributed by atoms with Crippen LogP contribution in [0, 0.1) is 0 Å². The van der Waals surface area contributed by atoms with Crippen molar-refractivity contribution in [2.75, 3.05) is 0 Å². The lowest BCUT2D eigenvalue weighted by molar-refractivity contribution is -0.112. The average Bonchev–Trinajstić information content (AvgIpc) is 2.37. The Morgan fingerprint density at radius 3 is 2.04 bits per heavy atom. The highest BCUT2D eigenvalue weighted by Crippen LogP contribution is 2.26. The summed E-state index contributed by atoms with van der Waals surface area (Å²) in [5.74, 6) is 0.144. The molecule has 0 spiro atoms. The van der Waals surface area contributed by atoms with Gasteiger partial charge in [0.2, 0.25) is 0 Å². The number of carbonyl (C=O) groups excluding carboxylic acids is 1. The highest BCUT2D eigenvalue weighted by Gasteiger charge is 2.25. The summed E-state index contributed by atoms with van der Waals surface area (Å²) in [6, 6.07) is 1.09.